The van der Waals surface area contributed by atoms with Crippen LogP contribution in [0.4, 0.5) is 10.5 Å². The van der Waals surface area contributed by atoms with E-state index in [1.165, 1.54) is 0 Å². The van der Waals surface area contributed by atoms with E-state index in [0.717, 1.165) is 30.8 Å². The summed E-state index contributed by atoms with van der Waals surface area (Å²) >= 11 is 0. The second kappa shape index (κ2) is 11.6. The number of nitrogens with one attached hydrogen (secondary N) is 2. The fraction of sp³-hybridized carbons (Fsp3) is 0.619. The Balaban J connectivity index is 2.65. The maximum absolute atomic E-state index is 12.6. The van der Waals surface area contributed by atoms with E-state index in [9.17, 15) is 9.59 Å². The third kappa shape index (κ3) is 8.91. The molecule has 0 aliphatic carbocycles. The minimum absolute atomic E-state index is 0.0188. The number of nitrogens with zero attached hydrogens (tertiary/aromatic N) is 2. The molecule has 1 rings (SSSR count). The molecule has 0 spiro atoms. The Kier molecular flexibility index (Phi) is 9.86. The Bertz CT molecular complexity index is 602. The highest BCUT2D eigenvalue weighted by atomic mass is 16.2. The van der Waals surface area contributed by atoms with Crippen LogP contribution in [0.15, 0.2) is 24.3 Å². The van der Waals surface area contributed by atoms with Crippen molar-refractivity contribution in [2.45, 2.75) is 40.7 Å². The SMILES string of the molecule is CCC(C)C(=O)Nc1cccc(CNC(=O)N(CCN(C)C)CC(C)C)c1. The quantitative estimate of drug-likeness (QED) is 0.658. The van der Waals surface area contributed by atoms with Crippen molar-refractivity contribution < 1.29 is 9.59 Å². The predicted molar refractivity (Wildman–Crippen MR) is 112 cm³/mol. The van der Waals surface area contributed by atoms with Crippen molar-refractivity contribution >= 4 is 17.6 Å². The van der Waals surface area contributed by atoms with Crippen LogP contribution in [0.5, 0.6) is 0 Å². The molecule has 0 saturated heterocycles. The first-order chi connectivity index (χ1) is 12.7. The molecule has 0 aliphatic rings. The zero-order chi connectivity index (χ0) is 20.4. The van der Waals surface area contributed by atoms with Gasteiger partial charge in [-0.1, -0.05) is 39.8 Å². The maximum Gasteiger partial charge on any atom is 0.317 e. The van der Waals surface area contributed by atoms with Crippen molar-refractivity contribution in [1.29, 1.82) is 0 Å². The van der Waals surface area contributed by atoms with E-state index in [1.54, 1.807) is 0 Å². The molecule has 0 fully saturated rings. The zero-order valence-electron chi connectivity index (χ0n) is 17.7. The third-order valence-electron chi connectivity index (χ3n) is 4.39. The fourth-order valence-corrected chi connectivity index (χ4v) is 2.54. The molecule has 1 aromatic rings. The van der Waals surface area contributed by atoms with Crippen LogP contribution >= 0.6 is 0 Å². The van der Waals surface area contributed by atoms with E-state index in [-0.39, 0.29) is 17.9 Å². The third-order valence-corrected chi connectivity index (χ3v) is 4.39. The molecule has 0 aromatic heterocycles. The number of rotatable bonds is 10. The van der Waals surface area contributed by atoms with Gasteiger partial charge >= 0.3 is 6.03 Å². The lowest BCUT2D eigenvalue weighted by molar-refractivity contribution is -0.119. The van der Waals surface area contributed by atoms with Crippen molar-refractivity contribution in [2.75, 3.05) is 39.0 Å². The average molecular weight is 377 g/mol. The van der Waals surface area contributed by atoms with Gasteiger partial charge in [-0.3, -0.25) is 4.79 Å². The van der Waals surface area contributed by atoms with Crippen LogP contribution in [-0.2, 0) is 11.3 Å². The molecule has 152 valence electrons. The smallest absolute Gasteiger partial charge is 0.317 e. The lowest BCUT2D eigenvalue weighted by Gasteiger charge is -2.26. The second-order valence-electron chi connectivity index (χ2n) is 7.80. The molecule has 1 atom stereocenters. The van der Waals surface area contributed by atoms with Gasteiger partial charge in [-0.05, 0) is 44.1 Å². The van der Waals surface area contributed by atoms with Gasteiger partial charge in [0.05, 0.1) is 0 Å². The monoisotopic (exact) mass is 376 g/mol. The summed E-state index contributed by atoms with van der Waals surface area (Å²) in [5, 5.41) is 5.93. The molecule has 27 heavy (non-hydrogen) atoms. The van der Waals surface area contributed by atoms with Gasteiger partial charge in [0.2, 0.25) is 5.91 Å². The van der Waals surface area contributed by atoms with E-state index >= 15 is 0 Å². The number of hydrogen-bond acceptors (Lipinski definition) is 3. The minimum atomic E-state index is -0.0559. The van der Waals surface area contributed by atoms with Gasteiger partial charge < -0.3 is 20.4 Å². The zero-order valence-corrected chi connectivity index (χ0v) is 17.7. The first-order valence-electron chi connectivity index (χ1n) is 9.80. The first kappa shape index (κ1) is 23.0. The first-order valence-corrected chi connectivity index (χ1v) is 9.80. The molecule has 1 aromatic carbocycles. The number of carbonyl (C=O) groups is 2. The maximum atomic E-state index is 12.6. The van der Waals surface area contributed by atoms with Gasteiger partial charge in [0.15, 0.2) is 0 Å². The molecule has 0 heterocycles. The van der Waals surface area contributed by atoms with Crippen LogP contribution in [0.25, 0.3) is 0 Å². The highest BCUT2D eigenvalue weighted by Gasteiger charge is 2.15. The van der Waals surface area contributed by atoms with Gasteiger partial charge in [0.1, 0.15) is 0 Å². The molecule has 1 unspecified atom stereocenters. The molecular formula is C21H36N4O2. The lowest BCUT2D eigenvalue weighted by Crippen LogP contribution is -2.44. The number of benzene rings is 1. The average Bonchev–Trinajstić information content (AvgIpc) is 2.62. The highest BCUT2D eigenvalue weighted by molar-refractivity contribution is 5.92. The summed E-state index contributed by atoms with van der Waals surface area (Å²) in [6.45, 7) is 10.8. The summed E-state index contributed by atoms with van der Waals surface area (Å²) in [5.74, 6) is 0.414. The van der Waals surface area contributed by atoms with Crippen LogP contribution in [0, 0.1) is 11.8 Å². The lowest BCUT2D eigenvalue weighted by atomic mass is 10.1. The summed E-state index contributed by atoms with van der Waals surface area (Å²) in [6.07, 6.45) is 0.806. The van der Waals surface area contributed by atoms with Gasteiger partial charge in [0, 0.05) is 37.8 Å². The molecular weight excluding hydrogens is 340 g/mol. The molecule has 0 aliphatic heterocycles. The number of amides is 3. The van der Waals surface area contributed by atoms with E-state index in [0.29, 0.717) is 19.0 Å². The van der Waals surface area contributed by atoms with Crippen LogP contribution < -0.4 is 10.6 Å². The fourth-order valence-electron chi connectivity index (χ4n) is 2.54. The Morgan fingerprint density at radius 1 is 1.11 bits per heavy atom. The van der Waals surface area contributed by atoms with E-state index in [4.69, 9.17) is 0 Å². The second-order valence-corrected chi connectivity index (χ2v) is 7.80. The molecule has 0 saturated carbocycles. The Labute approximate surface area is 164 Å². The van der Waals surface area contributed by atoms with Crippen LogP contribution in [-0.4, -0.2) is 55.5 Å². The van der Waals surface area contributed by atoms with E-state index < -0.39 is 0 Å². The van der Waals surface area contributed by atoms with Crippen molar-refractivity contribution in [3.63, 3.8) is 0 Å². The van der Waals surface area contributed by atoms with Crippen LogP contribution in [0.3, 0.4) is 0 Å². The standard InChI is InChI=1S/C21H36N4O2/c1-7-17(4)20(26)23-19-10-8-9-18(13-19)14-22-21(27)25(15-16(2)3)12-11-24(5)6/h8-10,13,16-17H,7,11-12,14-15H2,1-6H3,(H,22,27)(H,23,26). The van der Waals surface area contributed by atoms with Gasteiger partial charge in [-0.15, -0.1) is 0 Å². The number of anilines is 1. The molecule has 6 nitrogen and oxygen atoms in total. The summed E-state index contributed by atoms with van der Waals surface area (Å²) in [6, 6.07) is 7.57. The predicted octanol–water partition coefficient (Wildman–Crippen LogP) is 3.40. The van der Waals surface area contributed by atoms with Crippen LogP contribution in [0.1, 0.15) is 39.7 Å². The molecule has 3 amide bonds. The summed E-state index contributed by atoms with van der Waals surface area (Å²) in [5.41, 5.74) is 1.72. The number of carbonyl (C=O) groups excluding carboxylic acids is 2. The van der Waals surface area contributed by atoms with Crippen molar-refractivity contribution in [3.05, 3.63) is 29.8 Å². The Morgan fingerprint density at radius 3 is 2.41 bits per heavy atom. The van der Waals surface area contributed by atoms with Crippen molar-refractivity contribution in [2.24, 2.45) is 11.8 Å². The minimum Gasteiger partial charge on any atom is -0.334 e. The number of likely N-dealkylation sites (N-methyl/N-ethyl adjacent to an activating group) is 1. The van der Waals surface area contributed by atoms with Crippen molar-refractivity contribution in [1.82, 2.24) is 15.1 Å². The largest absolute Gasteiger partial charge is 0.334 e. The van der Waals surface area contributed by atoms with E-state index in [1.807, 2.05) is 57.1 Å². The molecule has 6 heteroatoms. The van der Waals surface area contributed by atoms with Gasteiger partial charge in [-0.25, -0.2) is 4.79 Å². The molecule has 2 N–H and O–H groups in total. The highest BCUT2D eigenvalue weighted by Crippen LogP contribution is 2.13. The normalized spacial score (nSPS) is 12.1. The van der Waals surface area contributed by atoms with Gasteiger partial charge in [-0.2, -0.15) is 0 Å². The Hall–Kier alpha value is -2.08. The topological polar surface area (TPSA) is 64.7 Å². The molecule has 0 bridgehead atoms. The Morgan fingerprint density at radius 2 is 1.81 bits per heavy atom. The number of urea groups is 1. The van der Waals surface area contributed by atoms with Gasteiger partial charge in [0.25, 0.3) is 0 Å². The van der Waals surface area contributed by atoms with Crippen molar-refractivity contribution in [3.8, 4) is 0 Å². The summed E-state index contributed by atoms with van der Waals surface area (Å²) < 4.78 is 0. The summed E-state index contributed by atoms with van der Waals surface area (Å²) in [7, 11) is 4.01. The van der Waals surface area contributed by atoms with Crippen LogP contribution in [0.2, 0.25) is 0 Å². The molecule has 0 radical (unpaired) electrons. The van der Waals surface area contributed by atoms with E-state index in [2.05, 4.69) is 29.4 Å². The number of hydrogen-bond donors (Lipinski definition) is 2. The summed E-state index contributed by atoms with van der Waals surface area (Å²) in [4.78, 5) is 28.6.